The molecule has 1 amide bonds. The van der Waals surface area contributed by atoms with Crippen LogP contribution in [0.4, 0.5) is 5.69 Å². The lowest BCUT2D eigenvalue weighted by atomic mass is 9.81. The van der Waals surface area contributed by atoms with Gasteiger partial charge in [0, 0.05) is 23.1 Å². The van der Waals surface area contributed by atoms with Gasteiger partial charge in [0.25, 0.3) is 0 Å². The van der Waals surface area contributed by atoms with Gasteiger partial charge in [0.05, 0.1) is 0 Å². The average Bonchev–Trinajstić information content (AvgIpc) is 2.46. The number of benzene rings is 1. The fourth-order valence-electron chi connectivity index (χ4n) is 2.73. The fraction of sp³-hybridized carbons (Fsp3) is 0.533. The van der Waals surface area contributed by atoms with Gasteiger partial charge in [0.15, 0.2) is 0 Å². The molecule has 0 atom stereocenters. The van der Waals surface area contributed by atoms with Gasteiger partial charge in [-0.05, 0) is 56.3 Å². The number of carbonyl (C=O) groups excluding carboxylic acids is 1. The Morgan fingerprint density at radius 3 is 2.63 bits per heavy atom. The minimum absolute atomic E-state index is 0.159. The summed E-state index contributed by atoms with van der Waals surface area (Å²) >= 11 is 3.44. The van der Waals surface area contributed by atoms with E-state index in [9.17, 15) is 4.79 Å². The zero-order valence-electron chi connectivity index (χ0n) is 11.3. The van der Waals surface area contributed by atoms with Crippen molar-refractivity contribution >= 4 is 27.5 Å². The summed E-state index contributed by atoms with van der Waals surface area (Å²) in [5.41, 5.74) is 6.64. The first-order valence-electron chi connectivity index (χ1n) is 6.85. The molecule has 1 saturated carbocycles. The normalized spacial score (nSPS) is 23.1. The molecule has 3 nitrogen and oxygen atoms in total. The van der Waals surface area contributed by atoms with Gasteiger partial charge in [-0.1, -0.05) is 22.0 Å². The molecule has 2 rings (SSSR count). The molecule has 0 aromatic heterocycles. The van der Waals surface area contributed by atoms with Crippen LogP contribution < -0.4 is 10.6 Å². The second kappa shape index (κ2) is 6.53. The number of nitrogens with zero attached hydrogens (tertiary/aromatic N) is 1. The molecular formula is C15H21BrN2O. The van der Waals surface area contributed by atoms with Crippen LogP contribution in [-0.2, 0) is 4.79 Å². The summed E-state index contributed by atoms with van der Waals surface area (Å²) in [6.45, 7) is 0.752. The third kappa shape index (κ3) is 3.57. The maximum absolute atomic E-state index is 12.5. The molecular weight excluding hydrogens is 304 g/mol. The second-order valence-corrected chi connectivity index (χ2v) is 6.25. The third-order valence-corrected chi connectivity index (χ3v) is 4.55. The van der Waals surface area contributed by atoms with Crippen LogP contribution in [0.2, 0.25) is 0 Å². The van der Waals surface area contributed by atoms with Crippen LogP contribution in [0.25, 0.3) is 0 Å². The number of hydrogen-bond acceptors (Lipinski definition) is 2. The molecule has 1 aliphatic rings. The Kier molecular flexibility index (Phi) is 4.99. The summed E-state index contributed by atoms with van der Waals surface area (Å²) in [6.07, 6.45) is 4.11. The lowest BCUT2D eigenvalue weighted by Gasteiger charge is -2.30. The molecule has 19 heavy (non-hydrogen) atoms. The maximum Gasteiger partial charge on any atom is 0.229 e. The molecule has 1 fully saturated rings. The molecule has 1 aromatic rings. The maximum atomic E-state index is 12.5. The van der Waals surface area contributed by atoms with Gasteiger partial charge >= 0.3 is 0 Å². The van der Waals surface area contributed by atoms with Crippen molar-refractivity contribution in [2.75, 3.05) is 18.5 Å². The molecule has 0 unspecified atom stereocenters. The third-order valence-electron chi connectivity index (χ3n) is 4.06. The van der Waals surface area contributed by atoms with Gasteiger partial charge in [0.2, 0.25) is 5.91 Å². The van der Waals surface area contributed by atoms with Crippen molar-refractivity contribution in [3.8, 4) is 0 Å². The van der Waals surface area contributed by atoms with E-state index in [0.29, 0.717) is 5.92 Å². The van der Waals surface area contributed by atoms with Crippen molar-refractivity contribution in [3.63, 3.8) is 0 Å². The Morgan fingerprint density at radius 1 is 1.37 bits per heavy atom. The molecule has 0 saturated heterocycles. The van der Waals surface area contributed by atoms with Crippen LogP contribution in [0.3, 0.4) is 0 Å². The number of carbonyl (C=O) groups is 1. The second-order valence-electron chi connectivity index (χ2n) is 5.33. The predicted molar refractivity (Wildman–Crippen MR) is 82.1 cm³/mol. The molecule has 0 spiro atoms. The van der Waals surface area contributed by atoms with Crippen LogP contribution in [0, 0.1) is 11.8 Å². The summed E-state index contributed by atoms with van der Waals surface area (Å²) < 4.78 is 0.997. The molecule has 2 N–H and O–H groups in total. The monoisotopic (exact) mass is 324 g/mol. The van der Waals surface area contributed by atoms with Crippen molar-refractivity contribution in [3.05, 3.63) is 28.7 Å². The SMILES string of the molecule is CN(C(=O)C1CCC(CN)CC1)c1cccc(Br)c1. The molecule has 104 valence electrons. The van der Waals surface area contributed by atoms with E-state index in [-0.39, 0.29) is 11.8 Å². The van der Waals surface area contributed by atoms with Crippen molar-refractivity contribution in [2.24, 2.45) is 17.6 Å². The van der Waals surface area contributed by atoms with Crippen LogP contribution in [0.5, 0.6) is 0 Å². The van der Waals surface area contributed by atoms with E-state index in [2.05, 4.69) is 15.9 Å². The van der Waals surface area contributed by atoms with Crippen LogP contribution in [0.15, 0.2) is 28.7 Å². The first-order chi connectivity index (χ1) is 9.11. The number of rotatable bonds is 3. The van der Waals surface area contributed by atoms with Crippen molar-refractivity contribution in [1.29, 1.82) is 0 Å². The highest BCUT2D eigenvalue weighted by atomic mass is 79.9. The Bertz CT molecular complexity index is 442. The summed E-state index contributed by atoms with van der Waals surface area (Å²) in [5, 5.41) is 0. The van der Waals surface area contributed by atoms with Gasteiger partial charge in [0.1, 0.15) is 0 Å². The summed E-state index contributed by atoms with van der Waals surface area (Å²) in [4.78, 5) is 14.3. The van der Waals surface area contributed by atoms with E-state index < -0.39 is 0 Å². The standard InChI is InChI=1S/C15H21BrN2O/c1-18(14-4-2-3-13(16)9-14)15(19)12-7-5-11(10-17)6-8-12/h2-4,9,11-12H,5-8,10,17H2,1H3. The van der Waals surface area contributed by atoms with Gasteiger partial charge in [-0.25, -0.2) is 0 Å². The first kappa shape index (κ1) is 14.5. The Hall–Kier alpha value is -0.870. The number of anilines is 1. The predicted octanol–water partition coefficient (Wildman–Crippen LogP) is 3.18. The topological polar surface area (TPSA) is 46.3 Å². The molecule has 4 heteroatoms. The quantitative estimate of drug-likeness (QED) is 0.928. The highest BCUT2D eigenvalue weighted by Gasteiger charge is 2.28. The summed E-state index contributed by atoms with van der Waals surface area (Å²) in [6, 6.07) is 7.86. The number of nitrogens with two attached hydrogens (primary N) is 1. The van der Waals surface area contributed by atoms with Crippen LogP contribution >= 0.6 is 15.9 Å². The van der Waals surface area contributed by atoms with Gasteiger partial charge in [-0.2, -0.15) is 0 Å². The fourth-order valence-corrected chi connectivity index (χ4v) is 3.12. The Labute approximate surface area is 123 Å². The number of amides is 1. The average molecular weight is 325 g/mol. The molecule has 1 aromatic carbocycles. The highest BCUT2D eigenvalue weighted by Crippen LogP contribution is 2.30. The van der Waals surface area contributed by atoms with Gasteiger partial charge in [-0.15, -0.1) is 0 Å². The summed E-state index contributed by atoms with van der Waals surface area (Å²) in [5.74, 6) is 1.00. The van der Waals surface area contributed by atoms with E-state index >= 15 is 0 Å². The summed E-state index contributed by atoms with van der Waals surface area (Å²) in [7, 11) is 1.86. The zero-order valence-corrected chi connectivity index (χ0v) is 12.9. The molecule has 0 radical (unpaired) electrons. The highest BCUT2D eigenvalue weighted by molar-refractivity contribution is 9.10. The molecule has 1 aliphatic carbocycles. The van der Waals surface area contributed by atoms with Crippen molar-refractivity contribution in [2.45, 2.75) is 25.7 Å². The van der Waals surface area contributed by atoms with E-state index in [0.717, 1.165) is 42.4 Å². The minimum atomic E-state index is 0.159. The van der Waals surface area contributed by atoms with Gasteiger partial charge < -0.3 is 10.6 Å². The van der Waals surface area contributed by atoms with E-state index in [4.69, 9.17) is 5.73 Å². The molecule has 0 aliphatic heterocycles. The van der Waals surface area contributed by atoms with Crippen LogP contribution in [-0.4, -0.2) is 19.5 Å². The van der Waals surface area contributed by atoms with Crippen molar-refractivity contribution < 1.29 is 4.79 Å². The van der Waals surface area contributed by atoms with Crippen LogP contribution in [0.1, 0.15) is 25.7 Å². The first-order valence-corrected chi connectivity index (χ1v) is 7.64. The smallest absolute Gasteiger partial charge is 0.229 e. The number of hydrogen-bond donors (Lipinski definition) is 1. The van der Waals surface area contributed by atoms with E-state index in [1.165, 1.54) is 0 Å². The lowest BCUT2D eigenvalue weighted by molar-refractivity contribution is -0.123. The van der Waals surface area contributed by atoms with E-state index in [1.807, 2.05) is 31.3 Å². The van der Waals surface area contributed by atoms with E-state index in [1.54, 1.807) is 4.90 Å². The zero-order chi connectivity index (χ0) is 13.8. The molecule has 0 heterocycles. The molecule has 0 bridgehead atoms. The largest absolute Gasteiger partial charge is 0.330 e. The minimum Gasteiger partial charge on any atom is -0.330 e. The van der Waals surface area contributed by atoms with Gasteiger partial charge in [-0.3, -0.25) is 4.79 Å². The number of halogens is 1. The lowest BCUT2D eigenvalue weighted by Crippen LogP contribution is -2.35. The van der Waals surface area contributed by atoms with Crippen molar-refractivity contribution in [1.82, 2.24) is 0 Å². The Balaban J connectivity index is 2.00. The Morgan fingerprint density at radius 2 is 2.05 bits per heavy atom.